The van der Waals surface area contributed by atoms with Gasteiger partial charge < -0.3 is 29.5 Å². The summed E-state index contributed by atoms with van der Waals surface area (Å²) in [6.45, 7) is 1.88. The van der Waals surface area contributed by atoms with Gasteiger partial charge in [-0.15, -0.1) is 10.2 Å². The number of methoxy groups -OCH3 is 1. The van der Waals surface area contributed by atoms with Crippen LogP contribution < -0.4 is 0 Å². The highest BCUT2D eigenvalue weighted by molar-refractivity contribution is 7.12. The largest absolute Gasteiger partial charge is 0.507 e. The van der Waals surface area contributed by atoms with Crippen LogP contribution in [0.25, 0.3) is 5.57 Å². The van der Waals surface area contributed by atoms with Crippen LogP contribution >= 0.6 is 11.3 Å². The Bertz CT molecular complexity index is 1210. The molecule has 0 radical (unpaired) electrons. The fourth-order valence-corrected chi connectivity index (χ4v) is 5.55. The quantitative estimate of drug-likeness (QED) is 0.611. The van der Waals surface area contributed by atoms with E-state index < -0.39 is 34.9 Å². The number of halogens is 2. The second-order valence-corrected chi connectivity index (χ2v) is 9.81. The molecule has 1 aromatic carbocycles. The molecule has 2 N–H and O–H groups in total. The van der Waals surface area contributed by atoms with Gasteiger partial charge in [-0.25, -0.2) is 8.78 Å². The molecule has 12 heteroatoms. The number of benzene rings is 1. The van der Waals surface area contributed by atoms with Crippen LogP contribution in [0.4, 0.5) is 8.78 Å². The Labute approximate surface area is 203 Å². The zero-order valence-corrected chi connectivity index (χ0v) is 19.7. The standard InChI is InChI=1S/C23H24F2N4O5S/c1-33-7-5-28-11-23(4-6-34-12-23)29-10-15(19(30)20(31)18(29)22(28)32)21-27-26-17(35-21)8-13-2-3-14(24)9-16(13)25/h2-3,9-10,19,30-31H,4-8,11-12H2,1H3. The fraction of sp³-hybridized carbons (Fsp3) is 0.435. The van der Waals surface area contributed by atoms with Gasteiger partial charge in [-0.1, -0.05) is 17.4 Å². The SMILES string of the molecule is COCCN1CC2(CCOC2)N2C=C(c3nnc(Cc4ccc(F)cc4F)s3)C(O)C(O)=C2C1=O. The van der Waals surface area contributed by atoms with Crippen molar-refractivity contribution >= 4 is 22.8 Å². The van der Waals surface area contributed by atoms with Gasteiger partial charge in [-0.2, -0.15) is 0 Å². The molecule has 3 aliphatic rings. The van der Waals surface area contributed by atoms with Gasteiger partial charge in [0, 0.05) is 51.1 Å². The highest BCUT2D eigenvalue weighted by atomic mass is 32.1. The van der Waals surface area contributed by atoms with E-state index in [1.807, 2.05) is 0 Å². The molecule has 2 saturated heterocycles. The normalized spacial score (nSPS) is 24.4. The maximum Gasteiger partial charge on any atom is 0.274 e. The molecule has 0 bridgehead atoms. The minimum absolute atomic E-state index is 0.00669. The third kappa shape index (κ3) is 4.20. The van der Waals surface area contributed by atoms with Gasteiger partial charge in [-0.3, -0.25) is 4.79 Å². The third-order valence-corrected chi connectivity index (χ3v) is 7.48. The number of hydrogen-bond acceptors (Lipinski definition) is 9. The Morgan fingerprint density at radius 1 is 1.34 bits per heavy atom. The Morgan fingerprint density at radius 3 is 2.89 bits per heavy atom. The molecule has 2 fully saturated rings. The first-order chi connectivity index (χ1) is 16.8. The molecule has 2 unspecified atom stereocenters. The zero-order chi connectivity index (χ0) is 24.7. The van der Waals surface area contributed by atoms with Gasteiger partial charge in [0.05, 0.1) is 18.8 Å². The van der Waals surface area contributed by atoms with Gasteiger partial charge >= 0.3 is 0 Å². The van der Waals surface area contributed by atoms with E-state index in [0.717, 1.165) is 17.4 Å². The fourth-order valence-electron chi connectivity index (χ4n) is 4.65. The number of carbonyl (C=O) groups is 1. The Hall–Kier alpha value is -2.93. The third-order valence-electron chi connectivity index (χ3n) is 6.51. The van der Waals surface area contributed by atoms with E-state index in [0.29, 0.717) is 49.3 Å². The van der Waals surface area contributed by atoms with Gasteiger partial charge in [0.2, 0.25) is 0 Å². The number of ether oxygens (including phenoxy) is 2. The van der Waals surface area contributed by atoms with Gasteiger partial charge in [0.1, 0.15) is 33.5 Å². The Morgan fingerprint density at radius 2 is 2.17 bits per heavy atom. The minimum Gasteiger partial charge on any atom is -0.507 e. The molecular weight excluding hydrogens is 482 g/mol. The van der Waals surface area contributed by atoms with E-state index in [9.17, 15) is 23.8 Å². The number of aromatic nitrogens is 2. The number of carbonyl (C=O) groups excluding carboxylic acids is 1. The van der Waals surface area contributed by atoms with Crippen molar-refractivity contribution in [1.29, 1.82) is 0 Å². The summed E-state index contributed by atoms with van der Waals surface area (Å²) < 4.78 is 38.1. The number of aliphatic hydroxyl groups excluding tert-OH is 2. The predicted molar refractivity (Wildman–Crippen MR) is 121 cm³/mol. The first kappa shape index (κ1) is 23.8. The van der Waals surface area contributed by atoms with E-state index in [-0.39, 0.29) is 23.3 Å². The molecule has 9 nitrogen and oxygen atoms in total. The summed E-state index contributed by atoms with van der Waals surface area (Å²) in [6.07, 6.45) is 0.846. The molecule has 2 atom stereocenters. The summed E-state index contributed by atoms with van der Waals surface area (Å²) in [5.41, 5.74) is -0.0652. The van der Waals surface area contributed by atoms with Crippen LogP contribution in [0.1, 0.15) is 22.0 Å². The number of fused-ring (bicyclic) bond motifs is 2. The van der Waals surface area contributed by atoms with Crippen molar-refractivity contribution in [3.63, 3.8) is 0 Å². The topological polar surface area (TPSA) is 108 Å². The lowest BCUT2D eigenvalue weighted by Crippen LogP contribution is -2.63. The summed E-state index contributed by atoms with van der Waals surface area (Å²) >= 11 is 1.12. The van der Waals surface area contributed by atoms with Crippen LogP contribution in [0.5, 0.6) is 0 Å². The molecule has 35 heavy (non-hydrogen) atoms. The van der Waals surface area contributed by atoms with Crippen molar-refractivity contribution in [2.45, 2.75) is 24.5 Å². The molecule has 5 rings (SSSR count). The first-order valence-corrected chi connectivity index (χ1v) is 11.9. The highest BCUT2D eigenvalue weighted by Crippen LogP contribution is 2.42. The molecule has 1 aromatic heterocycles. The van der Waals surface area contributed by atoms with Crippen LogP contribution in [-0.4, -0.2) is 87.8 Å². The summed E-state index contributed by atoms with van der Waals surface area (Å²) in [5, 5.41) is 30.9. The highest BCUT2D eigenvalue weighted by Gasteiger charge is 2.52. The monoisotopic (exact) mass is 506 g/mol. The number of piperazine rings is 1. The lowest BCUT2D eigenvalue weighted by Gasteiger charge is -2.50. The van der Waals surface area contributed by atoms with Crippen LogP contribution in [0.15, 0.2) is 35.9 Å². The summed E-state index contributed by atoms with van der Waals surface area (Å²) in [6, 6.07) is 3.33. The molecule has 1 amide bonds. The van der Waals surface area contributed by atoms with Crippen LogP contribution in [0.3, 0.4) is 0 Å². The van der Waals surface area contributed by atoms with Crippen molar-refractivity contribution in [1.82, 2.24) is 20.0 Å². The maximum absolute atomic E-state index is 14.1. The molecule has 0 aliphatic carbocycles. The Balaban J connectivity index is 1.47. The van der Waals surface area contributed by atoms with Crippen molar-refractivity contribution in [3.05, 3.63) is 63.1 Å². The van der Waals surface area contributed by atoms with Crippen LogP contribution in [0, 0.1) is 11.6 Å². The van der Waals surface area contributed by atoms with E-state index >= 15 is 0 Å². The number of hydrogen-bond donors (Lipinski definition) is 2. The molecule has 186 valence electrons. The second-order valence-electron chi connectivity index (χ2n) is 8.75. The minimum atomic E-state index is -1.49. The predicted octanol–water partition coefficient (Wildman–Crippen LogP) is 1.84. The average molecular weight is 507 g/mol. The van der Waals surface area contributed by atoms with E-state index in [4.69, 9.17) is 9.47 Å². The van der Waals surface area contributed by atoms with E-state index in [1.54, 1.807) is 23.1 Å². The molecule has 2 aromatic rings. The number of nitrogens with zero attached hydrogens (tertiary/aromatic N) is 4. The van der Waals surface area contributed by atoms with E-state index in [1.165, 1.54) is 12.1 Å². The summed E-state index contributed by atoms with van der Waals surface area (Å²) in [7, 11) is 1.55. The summed E-state index contributed by atoms with van der Waals surface area (Å²) in [5.74, 6) is -2.23. The Kier molecular flexibility index (Phi) is 6.30. The van der Waals surface area contributed by atoms with Gasteiger partial charge in [0.15, 0.2) is 5.76 Å². The molecule has 4 heterocycles. The number of amides is 1. The van der Waals surface area contributed by atoms with Crippen molar-refractivity contribution in [2.24, 2.45) is 0 Å². The lowest BCUT2D eigenvalue weighted by molar-refractivity contribution is -0.137. The van der Waals surface area contributed by atoms with Crippen molar-refractivity contribution in [2.75, 3.05) is 40.0 Å². The van der Waals surface area contributed by atoms with Gasteiger partial charge in [-0.05, 0) is 18.1 Å². The molecule has 0 saturated carbocycles. The van der Waals surface area contributed by atoms with Gasteiger partial charge in [0.25, 0.3) is 5.91 Å². The van der Waals surface area contributed by atoms with Crippen molar-refractivity contribution in [3.8, 4) is 0 Å². The van der Waals surface area contributed by atoms with Crippen LogP contribution in [-0.2, 0) is 20.7 Å². The second kappa shape index (κ2) is 9.26. The number of aliphatic hydroxyl groups is 2. The lowest BCUT2D eigenvalue weighted by atomic mass is 9.88. The summed E-state index contributed by atoms with van der Waals surface area (Å²) in [4.78, 5) is 16.5. The molecule has 3 aliphatic heterocycles. The van der Waals surface area contributed by atoms with E-state index in [2.05, 4.69) is 10.2 Å². The molecular formula is C23H24F2N4O5S. The maximum atomic E-state index is 14.1. The van der Waals surface area contributed by atoms with Crippen LogP contribution in [0.2, 0.25) is 0 Å². The average Bonchev–Trinajstić information content (AvgIpc) is 3.49. The number of rotatable bonds is 6. The van der Waals surface area contributed by atoms with Crippen molar-refractivity contribution < 1.29 is 33.3 Å². The first-order valence-electron chi connectivity index (χ1n) is 11.1. The smallest absolute Gasteiger partial charge is 0.274 e. The molecule has 1 spiro atoms. The zero-order valence-electron chi connectivity index (χ0n) is 18.9.